The van der Waals surface area contributed by atoms with Crippen molar-refractivity contribution in [2.75, 3.05) is 12.8 Å². The third-order valence-corrected chi connectivity index (χ3v) is 4.42. The molecule has 5 heteroatoms. The summed E-state index contributed by atoms with van der Waals surface area (Å²) in [6, 6.07) is 1.50. The minimum Gasteiger partial charge on any atom is -0.383 e. The number of ether oxygens (including phenoxy) is 1. The normalized spacial score (nSPS) is 29.2. The first-order valence-corrected chi connectivity index (χ1v) is 7.08. The Morgan fingerprint density at radius 2 is 2.32 bits per heavy atom. The van der Waals surface area contributed by atoms with Crippen LogP contribution in [0.5, 0.6) is 0 Å². The van der Waals surface area contributed by atoms with Gasteiger partial charge in [-0.3, -0.25) is 0 Å². The molecule has 0 radical (unpaired) electrons. The third kappa shape index (κ3) is 2.86. The number of nitrogen functional groups attached to an aromatic ring is 1. The monoisotopic (exact) mass is 283 g/mol. The Balaban J connectivity index is 2.34. The largest absolute Gasteiger partial charge is 0.383 e. The predicted molar refractivity (Wildman–Crippen MR) is 78.0 cm³/mol. The van der Waals surface area contributed by atoms with Crippen LogP contribution in [0.2, 0.25) is 5.02 Å². The van der Waals surface area contributed by atoms with Crippen molar-refractivity contribution in [3.63, 3.8) is 0 Å². The van der Waals surface area contributed by atoms with Crippen LogP contribution >= 0.6 is 11.6 Å². The Hall–Kier alpha value is -0.840. The van der Waals surface area contributed by atoms with E-state index in [4.69, 9.17) is 27.8 Å². The molecule has 0 spiro atoms. The highest BCUT2D eigenvalue weighted by Gasteiger charge is 2.42. The van der Waals surface area contributed by atoms with E-state index >= 15 is 0 Å². The number of methoxy groups -OCH3 is 1. The number of hydrogen-bond acceptors (Lipinski definition) is 4. The van der Waals surface area contributed by atoms with Crippen LogP contribution in [0.4, 0.5) is 5.82 Å². The van der Waals surface area contributed by atoms with Crippen molar-refractivity contribution >= 4 is 17.4 Å². The topological polar surface area (TPSA) is 74.2 Å². The second-order valence-electron chi connectivity index (χ2n) is 5.58. The average Bonchev–Trinajstić information content (AvgIpc) is 2.40. The Labute approximate surface area is 119 Å². The summed E-state index contributed by atoms with van der Waals surface area (Å²) in [5.74, 6) is 1.04. The molecule has 4 nitrogen and oxygen atoms in total. The Kier molecular flexibility index (Phi) is 4.33. The van der Waals surface area contributed by atoms with Gasteiger partial charge in [0.2, 0.25) is 0 Å². The van der Waals surface area contributed by atoms with Gasteiger partial charge in [-0.15, -0.1) is 0 Å². The van der Waals surface area contributed by atoms with Crippen LogP contribution in [-0.2, 0) is 4.74 Å². The van der Waals surface area contributed by atoms with Crippen molar-refractivity contribution in [1.82, 2.24) is 4.98 Å². The second-order valence-corrected chi connectivity index (χ2v) is 6.01. The molecule has 3 atom stereocenters. The number of halogens is 1. The first-order valence-electron chi connectivity index (χ1n) is 6.70. The number of hydrogen-bond donors (Lipinski definition) is 2. The molecule has 1 fully saturated rings. The van der Waals surface area contributed by atoms with Crippen molar-refractivity contribution in [3.8, 4) is 0 Å². The molecule has 2 rings (SSSR count). The second kappa shape index (κ2) is 5.65. The lowest BCUT2D eigenvalue weighted by Gasteiger charge is -2.43. The quantitative estimate of drug-likeness (QED) is 0.894. The molecule has 3 unspecified atom stereocenters. The zero-order valence-electron chi connectivity index (χ0n) is 11.5. The van der Waals surface area contributed by atoms with Crippen LogP contribution in [0.1, 0.15) is 44.2 Å². The maximum Gasteiger partial charge on any atom is 0.128 e. The molecule has 1 aromatic rings. The van der Waals surface area contributed by atoms with E-state index in [0.29, 0.717) is 16.8 Å². The molecular weight excluding hydrogens is 262 g/mol. The molecule has 0 aromatic carbocycles. The lowest BCUT2D eigenvalue weighted by atomic mass is 9.73. The molecule has 19 heavy (non-hydrogen) atoms. The van der Waals surface area contributed by atoms with E-state index < -0.39 is 0 Å². The average molecular weight is 284 g/mol. The minimum atomic E-state index is -0.363. The molecule has 0 amide bonds. The number of rotatable bonds is 3. The van der Waals surface area contributed by atoms with E-state index in [1.807, 2.05) is 0 Å². The Morgan fingerprint density at radius 3 is 2.95 bits per heavy atom. The fourth-order valence-electron chi connectivity index (χ4n) is 3.14. The van der Waals surface area contributed by atoms with Gasteiger partial charge in [0.05, 0.1) is 16.7 Å². The van der Waals surface area contributed by atoms with Crippen LogP contribution in [0.25, 0.3) is 0 Å². The zero-order chi connectivity index (χ0) is 14.0. The molecule has 106 valence electrons. The van der Waals surface area contributed by atoms with Crippen molar-refractivity contribution in [3.05, 3.63) is 22.8 Å². The summed E-state index contributed by atoms with van der Waals surface area (Å²) in [5.41, 5.74) is 12.8. The molecular formula is C14H22ClN3O. The van der Waals surface area contributed by atoms with Gasteiger partial charge in [0, 0.05) is 18.9 Å². The van der Waals surface area contributed by atoms with Crippen LogP contribution in [-0.4, -0.2) is 17.7 Å². The molecule has 4 N–H and O–H groups in total. The van der Waals surface area contributed by atoms with Gasteiger partial charge in [0.25, 0.3) is 0 Å². The number of pyridine rings is 1. The highest BCUT2D eigenvalue weighted by molar-refractivity contribution is 6.30. The summed E-state index contributed by atoms with van der Waals surface area (Å²) in [6.45, 7) is 2.24. The van der Waals surface area contributed by atoms with Crippen LogP contribution in [0.3, 0.4) is 0 Å². The van der Waals surface area contributed by atoms with Gasteiger partial charge in [-0.05, 0) is 24.8 Å². The van der Waals surface area contributed by atoms with Gasteiger partial charge < -0.3 is 16.2 Å². The van der Waals surface area contributed by atoms with E-state index in [1.54, 1.807) is 13.2 Å². The van der Waals surface area contributed by atoms with E-state index in [0.717, 1.165) is 24.8 Å². The van der Waals surface area contributed by atoms with Gasteiger partial charge >= 0.3 is 0 Å². The molecule has 1 aliphatic carbocycles. The summed E-state index contributed by atoms with van der Waals surface area (Å²) in [5, 5.41) is 0.551. The molecule has 1 aliphatic rings. The minimum absolute atomic E-state index is 0.300. The number of nitrogens with zero attached hydrogens (tertiary/aromatic N) is 1. The summed E-state index contributed by atoms with van der Waals surface area (Å²) in [7, 11) is 1.73. The predicted octanol–water partition coefficient (Wildman–Crippen LogP) is 2.91. The maximum atomic E-state index is 6.44. The van der Waals surface area contributed by atoms with E-state index in [-0.39, 0.29) is 11.6 Å². The molecule has 0 saturated heterocycles. The van der Waals surface area contributed by atoms with Crippen molar-refractivity contribution < 1.29 is 4.74 Å². The summed E-state index contributed by atoms with van der Waals surface area (Å²) in [4.78, 5) is 4.09. The summed E-state index contributed by atoms with van der Waals surface area (Å²) >= 11 is 6.00. The summed E-state index contributed by atoms with van der Waals surface area (Å²) in [6.07, 6.45) is 5.77. The van der Waals surface area contributed by atoms with Crippen molar-refractivity contribution in [1.29, 1.82) is 0 Å². The van der Waals surface area contributed by atoms with Gasteiger partial charge in [-0.2, -0.15) is 0 Å². The highest BCUT2D eigenvalue weighted by Crippen LogP contribution is 2.43. The molecule has 1 heterocycles. The SMILES string of the molecule is COC1(C(N)c2cc(Cl)cnc2N)CCCC(C)C1. The van der Waals surface area contributed by atoms with Crippen molar-refractivity contribution in [2.24, 2.45) is 11.7 Å². The third-order valence-electron chi connectivity index (χ3n) is 4.22. The van der Waals surface area contributed by atoms with E-state index in [1.165, 1.54) is 12.6 Å². The summed E-state index contributed by atoms with van der Waals surface area (Å²) < 4.78 is 5.81. The van der Waals surface area contributed by atoms with Gasteiger partial charge in [0.15, 0.2) is 0 Å². The standard InChI is InChI=1S/C14H22ClN3O/c1-9-4-3-5-14(7-9,19-2)12(16)11-6-10(15)8-18-13(11)17/h6,8-9,12H,3-5,7,16H2,1-2H3,(H2,17,18). The van der Waals surface area contributed by atoms with Crippen LogP contribution in [0.15, 0.2) is 12.3 Å². The van der Waals surface area contributed by atoms with Crippen molar-refractivity contribution in [2.45, 2.75) is 44.2 Å². The molecule has 1 aromatic heterocycles. The fraction of sp³-hybridized carbons (Fsp3) is 0.643. The highest BCUT2D eigenvalue weighted by atomic mass is 35.5. The smallest absolute Gasteiger partial charge is 0.128 e. The van der Waals surface area contributed by atoms with Gasteiger partial charge in [0.1, 0.15) is 5.82 Å². The molecule has 1 saturated carbocycles. The molecule has 0 aliphatic heterocycles. The van der Waals surface area contributed by atoms with Gasteiger partial charge in [-0.1, -0.05) is 31.4 Å². The number of anilines is 1. The van der Waals surface area contributed by atoms with E-state index in [9.17, 15) is 0 Å². The van der Waals surface area contributed by atoms with Crippen LogP contribution < -0.4 is 11.5 Å². The van der Waals surface area contributed by atoms with Gasteiger partial charge in [-0.25, -0.2) is 4.98 Å². The Bertz CT molecular complexity index is 454. The first kappa shape index (κ1) is 14.6. The Morgan fingerprint density at radius 1 is 1.58 bits per heavy atom. The fourth-order valence-corrected chi connectivity index (χ4v) is 3.30. The zero-order valence-corrected chi connectivity index (χ0v) is 12.3. The lowest BCUT2D eigenvalue weighted by Crippen LogP contribution is -2.46. The lowest BCUT2D eigenvalue weighted by molar-refractivity contribution is -0.0717. The first-order chi connectivity index (χ1) is 8.98. The van der Waals surface area contributed by atoms with E-state index in [2.05, 4.69) is 11.9 Å². The number of nitrogens with two attached hydrogens (primary N) is 2. The maximum absolute atomic E-state index is 6.44. The van der Waals surface area contributed by atoms with Crippen LogP contribution in [0, 0.1) is 5.92 Å². The molecule has 0 bridgehead atoms. The number of aromatic nitrogens is 1.